The molecule has 114 valence electrons. The van der Waals surface area contributed by atoms with Crippen LogP contribution in [-0.2, 0) is 5.60 Å². The van der Waals surface area contributed by atoms with Crippen LogP contribution in [0, 0.1) is 0 Å². The predicted molar refractivity (Wildman–Crippen MR) is 74.8 cm³/mol. The van der Waals surface area contributed by atoms with Crippen molar-refractivity contribution in [2.75, 3.05) is 0 Å². The maximum atomic E-state index is 13.1. The van der Waals surface area contributed by atoms with Gasteiger partial charge in [0.15, 0.2) is 11.5 Å². The van der Waals surface area contributed by atoms with Crippen LogP contribution in [0.4, 0.5) is 8.78 Å². The van der Waals surface area contributed by atoms with Crippen molar-refractivity contribution < 1.29 is 23.4 Å². The minimum atomic E-state index is -3.61. The van der Waals surface area contributed by atoms with Gasteiger partial charge in [0.1, 0.15) is 0 Å². The number of thioether (sulfide) groups is 1. The van der Waals surface area contributed by atoms with Crippen LogP contribution in [0.2, 0.25) is 0 Å². The third-order valence-electron chi connectivity index (χ3n) is 4.51. The molecule has 1 N–H and O–H groups in total. The summed E-state index contributed by atoms with van der Waals surface area (Å²) in [5.41, 5.74) is -0.295. The maximum Gasteiger partial charge on any atom is 0.586 e. The van der Waals surface area contributed by atoms with Crippen molar-refractivity contribution in [2.45, 2.75) is 54.5 Å². The van der Waals surface area contributed by atoms with Crippen LogP contribution in [0.5, 0.6) is 11.5 Å². The molecular formula is C15H16F2O3S. The van der Waals surface area contributed by atoms with Gasteiger partial charge >= 0.3 is 6.29 Å². The third kappa shape index (κ3) is 2.38. The quantitative estimate of drug-likeness (QED) is 0.859. The molecule has 21 heavy (non-hydrogen) atoms. The van der Waals surface area contributed by atoms with Gasteiger partial charge in [0.05, 0.1) is 5.60 Å². The van der Waals surface area contributed by atoms with Gasteiger partial charge in [0.25, 0.3) is 0 Å². The molecule has 2 bridgehead atoms. The van der Waals surface area contributed by atoms with Gasteiger partial charge in [-0.15, -0.1) is 8.78 Å². The summed E-state index contributed by atoms with van der Waals surface area (Å²) in [7, 11) is 0. The number of aliphatic hydroxyl groups is 1. The summed E-state index contributed by atoms with van der Waals surface area (Å²) in [6.07, 6.45) is 1.18. The molecule has 1 aromatic rings. The number of benzene rings is 1. The first kappa shape index (κ1) is 13.6. The van der Waals surface area contributed by atoms with Gasteiger partial charge in [-0.2, -0.15) is 11.8 Å². The van der Waals surface area contributed by atoms with Gasteiger partial charge in [0, 0.05) is 10.5 Å². The molecule has 2 atom stereocenters. The summed E-state index contributed by atoms with van der Waals surface area (Å²) in [5.74, 6) is 0.0343. The summed E-state index contributed by atoms with van der Waals surface area (Å²) in [6.45, 7) is 0. The highest BCUT2D eigenvalue weighted by atomic mass is 32.2. The highest BCUT2D eigenvalue weighted by Gasteiger charge is 2.46. The van der Waals surface area contributed by atoms with Crippen LogP contribution in [-0.4, -0.2) is 21.9 Å². The Bertz CT molecular complexity index is 566. The SMILES string of the molecule is OC1(c2ccc3c(c2)OC(F)(F)O3)CC2CCCC(C1)S2. The molecule has 0 saturated carbocycles. The second-order valence-electron chi connectivity index (χ2n) is 6.08. The standard InChI is InChI=1S/C15H16F2O3S/c16-15(17)19-12-5-4-9(6-13(12)20-15)14(18)7-10-2-1-3-11(8-14)21-10/h4-6,10-11,18H,1-3,7-8H2. The van der Waals surface area contributed by atoms with Crippen molar-refractivity contribution in [3.63, 3.8) is 0 Å². The number of ether oxygens (including phenoxy) is 2. The third-order valence-corrected chi connectivity index (χ3v) is 6.08. The first-order valence-corrected chi connectivity index (χ1v) is 8.16. The molecule has 0 aliphatic carbocycles. The molecule has 1 aromatic carbocycles. The molecule has 0 radical (unpaired) electrons. The number of rotatable bonds is 1. The van der Waals surface area contributed by atoms with E-state index in [4.69, 9.17) is 0 Å². The Morgan fingerprint density at radius 3 is 2.48 bits per heavy atom. The summed E-state index contributed by atoms with van der Waals surface area (Å²) < 4.78 is 35.1. The lowest BCUT2D eigenvalue weighted by atomic mass is 9.80. The fourth-order valence-corrected chi connectivity index (χ4v) is 5.49. The van der Waals surface area contributed by atoms with E-state index in [1.165, 1.54) is 18.6 Å². The van der Waals surface area contributed by atoms with Gasteiger partial charge in [-0.05, 0) is 43.4 Å². The monoisotopic (exact) mass is 314 g/mol. The highest BCUT2D eigenvalue weighted by Crippen LogP contribution is 2.51. The van der Waals surface area contributed by atoms with E-state index in [1.54, 1.807) is 6.07 Å². The molecular weight excluding hydrogens is 298 g/mol. The van der Waals surface area contributed by atoms with Crippen molar-refractivity contribution >= 4 is 11.8 Å². The molecule has 0 aromatic heterocycles. The van der Waals surface area contributed by atoms with E-state index in [9.17, 15) is 13.9 Å². The molecule has 2 fully saturated rings. The van der Waals surface area contributed by atoms with Crippen LogP contribution in [0.15, 0.2) is 18.2 Å². The van der Waals surface area contributed by atoms with Crippen LogP contribution in [0.1, 0.15) is 37.7 Å². The Labute approximate surface area is 125 Å². The van der Waals surface area contributed by atoms with Crippen LogP contribution >= 0.6 is 11.8 Å². The van der Waals surface area contributed by atoms with Crippen LogP contribution in [0.25, 0.3) is 0 Å². The van der Waals surface area contributed by atoms with E-state index in [1.807, 2.05) is 11.8 Å². The predicted octanol–water partition coefficient (Wildman–Crippen LogP) is 3.64. The summed E-state index contributed by atoms with van der Waals surface area (Å²) in [4.78, 5) is 0. The van der Waals surface area contributed by atoms with Gasteiger partial charge in [-0.3, -0.25) is 0 Å². The van der Waals surface area contributed by atoms with E-state index in [0.717, 1.165) is 12.8 Å². The number of fused-ring (bicyclic) bond motifs is 3. The molecule has 0 amide bonds. The van der Waals surface area contributed by atoms with E-state index < -0.39 is 11.9 Å². The Balaban J connectivity index is 1.65. The van der Waals surface area contributed by atoms with Gasteiger partial charge < -0.3 is 14.6 Å². The lowest BCUT2D eigenvalue weighted by Crippen LogP contribution is -2.40. The number of halogens is 2. The summed E-state index contributed by atoms with van der Waals surface area (Å²) in [6, 6.07) is 4.64. The van der Waals surface area contributed by atoms with E-state index >= 15 is 0 Å². The maximum absolute atomic E-state index is 13.1. The molecule has 2 unspecified atom stereocenters. The fraction of sp³-hybridized carbons (Fsp3) is 0.600. The number of alkyl halides is 2. The lowest BCUT2D eigenvalue weighted by molar-refractivity contribution is -0.286. The lowest BCUT2D eigenvalue weighted by Gasteiger charge is -2.44. The normalized spacial score (nSPS) is 36.5. The average Bonchev–Trinajstić information content (AvgIpc) is 2.70. The summed E-state index contributed by atoms with van der Waals surface area (Å²) in [5, 5.41) is 11.9. The zero-order chi connectivity index (χ0) is 14.7. The molecule has 6 heteroatoms. The Morgan fingerprint density at radius 2 is 1.76 bits per heavy atom. The second-order valence-corrected chi connectivity index (χ2v) is 7.69. The Morgan fingerprint density at radius 1 is 1.10 bits per heavy atom. The fourth-order valence-electron chi connectivity index (χ4n) is 3.59. The largest absolute Gasteiger partial charge is 0.586 e. The van der Waals surface area contributed by atoms with Crippen molar-refractivity contribution in [1.29, 1.82) is 0 Å². The van der Waals surface area contributed by atoms with E-state index in [2.05, 4.69) is 9.47 Å². The molecule has 4 rings (SSSR count). The Hall–Kier alpha value is -1.01. The second kappa shape index (κ2) is 4.49. The van der Waals surface area contributed by atoms with Crippen molar-refractivity contribution in [2.24, 2.45) is 0 Å². The van der Waals surface area contributed by atoms with E-state index in [-0.39, 0.29) is 11.5 Å². The first-order chi connectivity index (χ1) is 9.94. The molecule has 3 aliphatic rings. The number of hydrogen-bond donors (Lipinski definition) is 1. The zero-order valence-corrected chi connectivity index (χ0v) is 12.2. The van der Waals surface area contributed by atoms with Crippen molar-refractivity contribution in [1.82, 2.24) is 0 Å². The average molecular weight is 314 g/mol. The zero-order valence-electron chi connectivity index (χ0n) is 11.4. The van der Waals surface area contributed by atoms with Gasteiger partial charge in [-0.25, -0.2) is 0 Å². The van der Waals surface area contributed by atoms with Crippen molar-refractivity contribution in [3.05, 3.63) is 23.8 Å². The summed E-state index contributed by atoms with van der Waals surface area (Å²) >= 11 is 1.96. The van der Waals surface area contributed by atoms with E-state index in [0.29, 0.717) is 28.9 Å². The van der Waals surface area contributed by atoms with Crippen molar-refractivity contribution in [3.8, 4) is 11.5 Å². The first-order valence-electron chi connectivity index (χ1n) is 7.22. The molecule has 3 nitrogen and oxygen atoms in total. The number of hydrogen-bond acceptors (Lipinski definition) is 4. The van der Waals surface area contributed by atoms with Crippen LogP contribution < -0.4 is 9.47 Å². The van der Waals surface area contributed by atoms with Gasteiger partial charge in [-0.1, -0.05) is 12.5 Å². The Kier molecular flexibility index (Phi) is 2.92. The van der Waals surface area contributed by atoms with Crippen LogP contribution in [0.3, 0.4) is 0 Å². The molecule has 3 heterocycles. The molecule has 0 spiro atoms. The van der Waals surface area contributed by atoms with Gasteiger partial charge in [0.2, 0.25) is 0 Å². The highest BCUT2D eigenvalue weighted by molar-refractivity contribution is 8.00. The minimum Gasteiger partial charge on any atom is -0.395 e. The smallest absolute Gasteiger partial charge is 0.395 e. The minimum absolute atomic E-state index is 0.00862. The molecule has 3 aliphatic heterocycles. The topological polar surface area (TPSA) is 38.7 Å². The molecule has 2 saturated heterocycles.